The fourth-order valence-corrected chi connectivity index (χ4v) is 5.87. The van der Waals surface area contributed by atoms with Gasteiger partial charge in [0.1, 0.15) is 47.5 Å². The number of aromatic nitrogens is 2. The molecule has 3 N–H and O–H groups in total. The SMILES string of the molecule is CCN(CC)CCCOc1cccc(-c2cccc(COc3cc(OCc4ccc5nonc5c4)c(CN[C@H](CO)C(=O)O)cc3Cl)c2Cl)c1. The Hall–Kier alpha value is -4.39. The lowest BCUT2D eigenvalue weighted by Crippen LogP contribution is -2.39. The monoisotopic (exact) mass is 722 g/mol. The van der Waals surface area contributed by atoms with Gasteiger partial charge in [-0.1, -0.05) is 73.4 Å². The average molecular weight is 724 g/mol. The molecule has 0 saturated carbocycles. The van der Waals surface area contributed by atoms with Crippen LogP contribution < -0.4 is 19.5 Å². The summed E-state index contributed by atoms with van der Waals surface area (Å²) in [6.07, 6.45) is 0.939. The van der Waals surface area contributed by atoms with Crippen LogP contribution in [0.15, 0.2) is 77.4 Å². The van der Waals surface area contributed by atoms with E-state index in [2.05, 4.69) is 34.4 Å². The summed E-state index contributed by atoms with van der Waals surface area (Å²) >= 11 is 13.6. The van der Waals surface area contributed by atoms with Crippen LogP contribution in [0.1, 0.15) is 37.0 Å². The van der Waals surface area contributed by atoms with Crippen LogP contribution in [0.25, 0.3) is 22.2 Å². The van der Waals surface area contributed by atoms with E-state index in [1.54, 1.807) is 24.3 Å². The van der Waals surface area contributed by atoms with Crippen molar-refractivity contribution >= 4 is 40.2 Å². The van der Waals surface area contributed by atoms with Crippen LogP contribution >= 0.6 is 23.2 Å². The molecule has 13 heteroatoms. The smallest absolute Gasteiger partial charge is 0.323 e. The Kier molecular flexibility index (Phi) is 13.3. The quantitative estimate of drug-likeness (QED) is 0.0759. The van der Waals surface area contributed by atoms with Gasteiger partial charge in [-0.25, -0.2) is 4.63 Å². The number of fused-ring (bicyclic) bond motifs is 1. The third-order valence-corrected chi connectivity index (χ3v) is 8.98. The van der Waals surface area contributed by atoms with E-state index in [9.17, 15) is 15.0 Å². The standard InChI is InChI=1S/C37H40Cl2N4O7/c1-3-43(4-2)14-7-15-47-28-10-5-8-25(17-28)29-11-6-9-26(36(29)39)23-49-35-19-34(27(18-30(35)38)20-40-33(21-44)37(45)46)48-22-24-12-13-31-32(16-24)42-50-41-31/h5-6,8-13,16-19,33,40,44H,3-4,7,14-15,20-23H2,1-2H3,(H,45,46)/t33-/m1/s1. The number of hydrogen-bond acceptors (Lipinski definition) is 10. The maximum absolute atomic E-state index is 11.5. The number of nitrogens with one attached hydrogen (secondary N) is 1. The highest BCUT2D eigenvalue weighted by atomic mass is 35.5. The second-order valence-electron chi connectivity index (χ2n) is 11.5. The van der Waals surface area contributed by atoms with Crippen LogP contribution in [-0.4, -0.2) is 70.3 Å². The molecule has 264 valence electrons. The maximum Gasteiger partial charge on any atom is 0.323 e. The first-order valence-corrected chi connectivity index (χ1v) is 17.1. The number of rotatable bonds is 19. The van der Waals surface area contributed by atoms with Gasteiger partial charge in [0.2, 0.25) is 0 Å². The number of carboxylic acids is 1. The highest BCUT2D eigenvalue weighted by Crippen LogP contribution is 2.36. The molecule has 0 aliphatic rings. The Morgan fingerprint density at radius 3 is 2.46 bits per heavy atom. The average Bonchev–Trinajstić information content (AvgIpc) is 3.60. The number of aliphatic hydroxyl groups is 1. The number of halogens is 2. The summed E-state index contributed by atoms with van der Waals surface area (Å²) in [6, 6.07) is 21.2. The van der Waals surface area contributed by atoms with E-state index in [1.807, 2.05) is 48.5 Å². The molecule has 0 bridgehead atoms. The minimum Gasteiger partial charge on any atom is -0.494 e. The molecule has 50 heavy (non-hydrogen) atoms. The van der Waals surface area contributed by atoms with Gasteiger partial charge < -0.3 is 29.3 Å². The minimum atomic E-state index is -1.18. The number of nitrogens with zero attached hydrogens (tertiary/aromatic N) is 3. The third-order valence-electron chi connectivity index (χ3n) is 8.24. The van der Waals surface area contributed by atoms with E-state index < -0.39 is 18.6 Å². The molecule has 0 amide bonds. The highest BCUT2D eigenvalue weighted by molar-refractivity contribution is 6.34. The zero-order valence-corrected chi connectivity index (χ0v) is 29.4. The molecule has 1 aromatic heterocycles. The Labute approximate surface area is 300 Å². The second kappa shape index (κ2) is 18.0. The lowest BCUT2D eigenvalue weighted by atomic mass is 10.0. The molecule has 4 aromatic carbocycles. The predicted octanol–water partition coefficient (Wildman–Crippen LogP) is 7.00. The van der Waals surface area contributed by atoms with Crippen molar-refractivity contribution in [1.82, 2.24) is 20.5 Å². The van der Waals surface area contributed by atoms with E-state index in [0.29, 0.717) is 44.7 Å². The Bertz CT molecular complexity index is 1880. The van der Waals surface area contributed by atoms with Crippen LogP contribution in [0, 0.1) is 0 Å². The fourth-order valence-electron chi connectivity index (χ4n) is 5.34. The van der Waals surface area contributed by atoms with Crippen molar-refractivity contribution in [3.05, 3.63) is 99.5 Å². The topological polar surface area (TPSA) is 139 Å². The molecule has 0 fully saturated rings. The van der Waals surface area contributed by atoms with Gasteiger partial charge in [-0.15, -0.1) is 0 Å². The Morgan fingerprint density at radius 2 is 1.68 bits per heavy atom. The van der Waals surface area contributed by atoms with Crippen molar-refractivity contribution in [2.24, 2.45) is 0 Å². The molecule has 5 aromatic rings. The third kappa shape index (κ3) is 9.64. The Balaban J connectivity index is 1.31. The lowest BCUT2D eigenvalue weighted by Gasteiger charge is -2.18. The summed E-state index contributed by atoms with van der Waals surface area (Å²) in [5.41, 5.74) is 5.10. The molecule has 0 aliphatic heterocycles. The second-order valence-corrected chi connectivity index (χ2v) is 12.3. The summed E-state index contributed by atoms with van der Waals surface area (Å²) in [4.78, 5) is 13.9. The summed E-state index contributed by atoms with van der Waals surface area (Å²) in [5.74, 6) is 0.353. The number of aliphatic hydroxyl groups excluding tert-OH is 1. The molecular weight excluding hydrogens is 683 g/mol. The van der Waals surface area contributed by atoms with E-state index in [-0.39, 0.29) is 19.8 Å². The van der Waals surface area contributed by atoms with Crippen molar-refractivity contribution < 1.29 is 33.8 Å². The fraction of sp³-hybridized carbons (Fsp3) is 0.324. The minimum absolute atomic E-state index is 0.0612. The number of benzene rings is 4. The van der Waals surface area contributed by atoms with E-state index in [4.69, 9.17) is 42.0 Å². The number of hydrogen-bond donors (Lipinski definition) is 3. The van der Waals surface area contributed by atoms with Crippen molar-refractivity contribution in [3.63, 3.8) is 0 Å². The van der Waals surface area contributed by atoms with Gasteiger partial charge in [-0.3, -0.25) is 10.1 Å². The van der Waals surface area contributed by atoms with Crippen LogP contribution in [0.5, 0.6) is 17.2 Å². The maximum atomic E-state index is 11.5. The van der Waals surface area contributed by atoms with Gasteiger partial charge in [0.05, 0.1) is 23.3 Å². The number of ether oxygens (including phenoxy) is 3. The van der Waals surface area contributed by atoms with Crippen molar-refractivity contribution in [2.75, 3.05) is 32.8 Å². The van der Waals surface area contributed by atoms with Crippen LogP contribution in [-0.2, 0) is 24.6 Å². The summed E-state index contributed by atoms with van der Waals surface area (Å²) < 4.78 is 23.2. The van der Waals surface area contributed by atoms with E-state index >= 15 is 0 Å². The van der Waals surface area contributed by atoms with E-state index in [1.165, 1.54) is 0 Å². The molecule has 0 aliphatic carbocycles. The molecule has 0 radical (unpaired) electrons. The normalized spacial score (nSPS) is 12.0. The highest BCUT2D eigenvalue weighted by Gasteiger charge is 2.19. The zero-order chi connectivity index (χ0) is 35.5. The molecule has 0 saturated heterocycles. The largest absolute Gasteiger partial charge is 0.494 e. The molecule has 1 heterocycles. The van der Waals surface area contributed by atoms with E-state index in [0.717, 1.165) is 54.1 Å². The first-order valence-electron chi connectivity index (χ1n) is 16.4. The molecule has 0 unspecified atom stereocenters. The van der Waals surface area contributed by atoms with Gasteiger partial charge in [0.15, 0.2) is 0 Å². The summed E-state index contributed by atoms with van der Waals surface area (Å²) in [7, 11) is 0. The Morgan fingerprint density at radius 1 is 0.900 bits per heavy atom. The lowest BCUT2D eigenvalue weighted by molar-refractivity contribution is -0.140. The zero-order valence-electron chi connectivity index (χ0n) is 27.9. The van der Waals surface area contributed by atoms with Crippen molar-refractivity contribution in [2.45, 2.75) is 46.1 Å². The van der Waals surface area contributed by atoms with Crippen LogP contribution in [0.4, 0.5) is 0 Å². The first kappa shape index (κ1) is 36.9. The van der Waals surface area contributed by atoms with Gasteiger partial charge in [0.25, 0.3) is 0 Å². The molecule has 0 spiro atoms. The molecule has 1 atom stereocenters. The van der Waals surface area contributed by atoms with Gasteiger partial charge in [-0.05, 0) is 71.3 Å². The van der Waals surface area contributed by atoms with Gasteiger partial charge in [-0.2, -0.15) is 0 Å². The summed E-state index contributed by atoms with van der Waals surface area (Å²) in [5, 5.41) is 30.2. The number of aliphatic carboxylic acids is 1. The van der Waals surface area contributed by atoms with Crippen LogP contribution in [0.2, 0.25) is 10.0 Å². The summed E-state index contributed by atoms with van der Waals surface area (Å²) in [6.45, 7) is 7.74. The molecule has 5 rings (SSSR count). The number of carboxylic acid groups (broad SMARTS) is 1. The number of carbonyl (C=O) groups is 1. The molecular formula is C37H40Cl2N4O7. The van der Waals surface area contributed by atoms with Crippen LogP contribution in [0.3, 0.4) is 0 Å². The predicted molar refractivity (Wildman–Crippen MR) is 192 cm³/mol. The van der Waals surface area contributed by atoms with Gasteiger partial charge >= 0.3 is 5.97 Å². The van der Waals surface area contributed by atoms with Crippen molar-refractivity contribution in [3.8, 4) is 28.4 Å². The molecule has 11 nitrogen and oxygen atoms in total. The van der Waals surface area contributed by atoms with Crippen molar-refractivity contribution in [1.29, 1.82) is 0 Å². The first-order chi connectivity index (χ1) is 24.3. The van der Waals surface area contributed by atoms with Gasteiger partial charge in [0, 0.05) is 35.8 Å².